The lowest BCUT2D eigenvalue weighted by Crippen LogP contribution is -2.26. The van der Waals surface area contributed by atoms with Gasteiger partial charge in [-0.05, 0) is 37.3 Å². The number of nitrogens with zero attached hydrogens (tertiary/aromatic N) is 3. The van der Waals surface area contributed by atoms with Crippen molar-refractivity contribution < 1.29 is 9.90 Å². The molecule has 2 aromatic rings. The minimum absolute atomic E-state index is 0.0545. The summed E-state index contributed by atoms with van der Waals surface area (Å²) in [7, 11) is 0. The summed E-state index contributed by atoms with van der Waals surface area (Å²) in [5, 5.41) is 12.0. The molecular formula is C20H24N4O2. The van der Waals surface area contributed by atoms with Gasteiger partial charge in [0.1, 0.15) is 5.82 Å². The minimum atomic E-state index is -0.821. The van der Waals surface area contributed by atoms with E-state index in [2.05, 4.69) is 45.5 Å². The lowest BCUT2D eigenvalue weighted by molar-refractivity contribution is -0.136. The second kappa shape index (κ2) is 7.32. The van der Waals surface area contributed by atoms with Crippen molar-refractivity contribution in [3.8, 4) is 0 Å². The first-order valence-electron chi connectivity index (χ1n) is 9.41. The average Bonchev–Trinajstić information content (AvgIpc) is 2.59. The van der Waals surface area contributed by atoms with Crippen molar-refractivity contribution in [2.24, 2.45) is 0 Å². The number of para-hydroxylation sites is 1. The van der Waals surface area contributed by atoms with Crippen molar-refractivity contribution in [1.29, 1.82) is 0 Å². The standard InChI is InChI=1S/C20H24N4O2/c25-19(26)10-11-21-20-22-16(14-6-3-7-14)13-18(23-20)24-12-4-8-15-5-1-2-9-17(15)24/h1-2,5,9,13-14H,3-4,6-8,10-12H2,(H,25,26)(H,21,22,23). The van der Waals surface area contributed by atoms with E-state index in [-0.39, 0.29) is 6.42 Å². The Morgan fingerprint density at radius 2 is 2.08 bits per heavy atom. The van der Waals surface area contributed by atoms with E-state index in [1.54, 1.807) is 0 Å². The highest BCUT2D eigenvalue weighted by Crippen LogP contribution is 2.38. The normalized spacial score (nSPS) is 16.7. The number of aromatic nitrogens is 2. The number of carboxylic acids is 1. The van der Waals surface area contributed by atoms with Crippen molar-refractivity contribution in [3.63, 3.8) is 0 Å². The fourth-order valence-corrected chi connectivity index (χ4v) is 3.64. The van der Waals surface area contributed by atoms with Gasteiger partial charge in [-0.1, -0.05) is 24.6 Å². The van der Waals surface area contributed by atoms with Gasteiger partial charge in [0.25, 0.3) is 0 Å². The third-order valence-corrected chi connectivity index (χ3v) is 5.26. The molecule has 136 valence electrons. The fourth-order valence-electron chi connectivity index (χ4n) is 3.64. The van der Waals surface area contributed by atoms with Gasteiger partial charge in [0.05, 0.1) is 12.1 Å². The van der Waals surface area contributed by atoms with Crippen LogP contribution in [0.1, 0.15) is 49.3 Å². The molecule has 1 aromatic heterocycles. The van der Waals surface area contributed by atoms with Gasteiger partial charge in [-0.3, -0.25) is 4.79 Å². The molecule has 4 rings (SSSR count). The van der Waals surface area contributed by atoms with Gasteiger partial charge in [-0.15, -0.1) is 0 Å². The molecular weight excluding hydrogens is 328 g/mol. The second-order valence-corrected chi connectivity index (χ2v) is 7.06. The molecule has 6 heteroatoms. The van der Waals surface area contributed by atoms with Gasteiger partial charge >= 0.3 is 5.97 Å². The lowest BCUT2D eigenvalue weighted by atomic mass is 9.83. The summed E-state index contributed by atoms with van der Waals surface area (Å²) >= 11 is 0. The summed E-state index contributed by atoms with van der Waals surface area (Å²) in [6.45, 7) is 1.27. The Bertz CT molecular complexity index is 804. The topological polar surface area (TPSA) is 78.3 Å². The molecule has 0 spiro atoms. The van der Waals surface area contributed by atoms with Crippen molar-refractivity contribution in [2.45, 2.75) is 44.4 Å². The number of carbonyl (C=O) groups is 1. The minimum Gasteiger partial charge on any atom is -0.481 e. The molecule has 0 amide bonds. The van der Waals surface area contributed by atoms with Crippen LogP contribution in [-0.4, -0.2) is 34.1 Å². The van der Waals surface area contributed by atoms with Crippen LogP contribution in [-0.2, 0) is 11.2 Å². The van der Waals surface area contributed by atoms with Gasteiger partial charge in [-0.2, -0.15) is 4.98 Å². The van der Waals surface area contributed by atoms with E-state index in [4.69, 9.17) is 10.1 Å². The molecule has 1 aliphatic heterocycles. The summed E-state index contributed by atoms with van der Waals surface area (Å²) in [6, 6.07) is 10.6. The number of fused-ring (bicyclic) bond motifs is 1. The van der Waals surface area contributed by atoms with E-state index in [1.165, 1.54) is 30.5 Å². The maximum Gasteiger partial charge on any atom is 0.305 e. The number of hydrogen-bond acceptors (Lipinski definition) is 5. The van der Waals surface area contributed by atoms with Gasteiger partial charge in [-0.25, -0.2) is 4.98 Å². The number of carboxylic acid groups (broad SMARTS) is 1. The highest BCUT2D eigenvalue weighted by molar-refractivity contribution is 5.68. The predicted octanol–water partition coefficient (Wildman–Crippen LogP) is 3.72. The van der Waals surface area contributed by atoms with Crippen LogP contribution >= 0.6 is 0 Å². The number of hydrogen-bond donors (Lipinski definition) is 2. The Morgan fingerprint density at radius 3 is 2.85 bits per heavy atom. The molecule has 0 unspecified atom stereocenters. The Balaban J connectivity index is 1.65. The molecule has 0 bridgehead atoms. The monoisotopic (exact) mass is 352 g/mol. The number of benzene rings is 1. The first kappa shape index (κ1) is 16.8. The molecule has 1 aliphatic carbocycles. The summed E-state index contributed by atoms with van der Waals surface area (Å²) in [6.07, 6.45) is 5.83. The zero-order chi connectivity index (χ0) is 17.9. The van der Waals surface area contributed by atoms with Crippen LogP contribution < -0.4 is 10.2 Å². The highest BCUT2D eigenvalue weighted by Gasteiger charge is 2.25. The fraction of sp³-hybridized carbons (Fsp3) is 0.450. The van der Waals surface area contributed by atoms with E-state index in [0.29, 0.717) is 18.4 Å². The van der Waals surface area contributed by atoms with Crippen LogP contribution in [0.15, 0.2) is 30.3 Å². The van der Waals surface area contributed by atoms with E-state index in [1.807, 2.05) is 0 Å². The van der Waals surface area contributed by atoms with Gasteiger partial charge in [0.15, 0.2) is 0 Å². The number of nitrogens with one attached hydrogen (secondary N) is 1. The summed E-state index contributed by atoms with van der Waals surface area (Å²) < 4.78 is 0. The number of rotatable bonds is 6. The maximum absolute atomic E-state index is 10.8. The number of anilines is 3. The van der Waals surface area contributed by atoms with Crippen LogP contribution in [0, 0.1) is 0 Å². The first-order chi connectivity index (χ1) is 12.7. The Kier molecular flexibility index (Phi) is 4.73. The molecule has 1 aromatic carbocycles. The SMILES string of the molecule is O=C(O)CCNc1nc(C2CCC2)cc(N2CCCc3ccccc32)n1. The highest BCUT2D eigenvalue weighted by atomic mass is 16.4. The predicted molar refractivity (Wildman–Crippen MR) is 101 cm³/mol. The van der Waals surface area contributed by atoms with E-state index < -0.39 is 5.97 Å². The summed E-state index contributed by atoms with van der Waals surface area (Å²) in [5.41, 5.74) is 3.64. The number of aryl methyl sites for hydroxylation is 1. The quantitative estimate of drug-likeness (QED) is 0.825. The Labute approximate surface area is 153 Å². The molecule has 0 atom stereocenters. The van der Waals surface area contributed by atoms with Gasteiger partial charge < -0.3 is 15.3 Å². The van der Waals surface area contributed by atoms with Crippen LogP contribution in [0.25, 0.3) is 0 Å². The summed E-state index contributed by atoms with van der Waals surface area (Å²) in [5.74, 6) is 1.12. The Hall–Kier alpha value is -2.63. The maximum atomic E-state index is 10.8. The van der Waals surface area contributed by atoms with Crippen LogP contribution in [0.5, 0.6) is 0 Å². The van der Waals surface area contributed by atoms with Crippen molar-refractivity contribution in [1.82, 2.24) is 9.97 Å². The van der Waals surface area contributed by atoms with E-state index in [0.717, 1.165) is 30.9 Å². The first-order valence-corrected chi connectivity index (χ1v) is 9.41. The molecule has 2 N–H and O–H groups in total. The molecule has 6 nitrogen and oxygen atoms in total. The zero-order valence-electron chi connectivity index (χ0n) is 14.8. The molecule has 1 saturated carbocycles. The molecule has 0 saturated heterocycles. The lowest BCUT2D eigenvalue weighted by Gasteiger charge is -2.32. The van der Waals surface area contributed by atoms with Gasteiger partial charge in [0, 0.05) is 30.8 Å². The molecule has 0 radical (unpaired) electrons. The smallest absolute Gasteiger partial charge is 0.305 e. The molecule has 26 heavy (non-hydrogen) atoms. The molecule has 2 aliphatic rings. The zero-order valence-corrected chi connectivity index (χ0v) is 14.8. The van der Waals surface area contributed by atoms with Crippen LogP contribution in [0.2, 0.25) is 0 Å². The van der Waals surface area contributed by atoms with Crippen LogP contribution in [0.3, 0.4) is 0 Å². The molecule has 2 heterocycles. The largest absolute Gasteiger partial charge is 0.481 e. The van der Waals surface area contributed by atoms with Crippen molar-refractivity contribution in [3.05, 3.63) is 41.6 Å². The molecule has 1 fully saturated rings. The second-order valence-electron chi connectivity index (χ2n) is 7.06. The van der Waals surface area contributed by atoms with E-state index in [9.17, 15) is 4.79 Å². The summed E-state index contributed by atoms with van der Waals surface area (Å²) in [4.78, 5) is 22.4. The third kappa shape index (κ3) is 3.49. The van der Waals surface area contributed by atoms with Gasteiger partial charge in [0.2, 0.25) is 5.95 Å². The Morgan fingerprint density at radius 1 is 1.23 bits per heavy atom. The number of aliphatic carboxylic acids is 1. The average molecular weight is 352 g/mol. The van der Waals surface area contributed by atoms with Crippen LogP contribution in [0.4, 0.5) is 17.5 Å². The van der Waals surface area contributed by atoms with Crippen molar-refractivity contribution in [2.75, 3.05) is 23.3 Å². The van der Waals surface area contributed by atoms with Crippen molar-refractivity contribution >= 4 is 23.4 Å². The van der Waals surface area contributed by atoms with E-state index >= 15 is 0 Å². The third-order valence-electron chi connectivity index (χ3n) is 5.26.